The number of halogens is 3. The van der Waals surface area contributed by atoms with Gasteiger partial charge in [-0.05, 0) is 48.8 Å². The van der Waals surface area contributed by atoms with E-state index in [1.807, 2.05) is 0 Å². The first-order valence-electron chi connectivity index (χ1n) is 6.74. The minimum atomic E-state index is -1.40. The van der Waals surface area contributed by atoms with Crippen LogP contribution < -0.4 is 5.32 Å². The maximum absolute atomic E-state index is 13.1. The Bertz CT molecular complexity index is 424. The largest absolute Gasteiger partial charge is 0.310 e. The molecule has 0 spiro atoms. The van der Waals surface area contributed by atoms with Crippen LogP contribution in [0.1, 0.15) is 45.1 Å². The molecule has 4 heteroatoms. The zero-order chi connectivity index (χ0) is 14.0. The summed E-state index contributed by atoms with van der Waals surface area (Å²) < 4.78 is 38.9. The SMILES string of the molecule is CC1(C)CCC(NCc2cc(F)c(F)c(F)c2)CC1. The highest BCUT2D eigenvalue weighted by Gasteiger charge is 2.26. The van der Waals surface area contributed by atoms with Gasteiger partial charge in [-0.15, -0.1) is 0 Å². The van der Waals surface area contributed by atoms with Crippen molar-refractivity contribution in [2.75, 3.05) is 0 Å². The number of nitrogens with one attached hydrogen (secondary N) is 1. The molecule has 106 valence electrons. The van der Waals surface area contributed by atoms with Crippen molar-refractivity contribution in [1.82, 2.24) is 5.32 Å². The molecule has 0 atom stereocenters. The summed E-state index contributed by atoms with van der Waals surface area (Å²) in [7, 11) is 0. The molecular formula is C15H20F3N. The van der Waals surface area contributed by atoms with Crippen molar-refractivity contribution in [2.45, 2.75) is 52.1 Å². The fraction of sp³-hybridized carbons (Fsp3) is 0.600. The molecule has 2 rings (SSSR count). The van der Waals surface area contributed by atoms with E-state index in [9.17, 15) is 13.2 Å². The fourth-order valence-corrected chi connectivity index (χ4v) is 2.58. The lowest BCUT2D eigenvalue weighted by molar-refractivity contribution is 0.206. The summed E-state index contributed by atoms with van der Waals surface area (Å²) in [5.41, 5.74) is 0.841. The van der Waals surface area contributed by atoms with Crippen molar-refractivity contribution in [3.05, 3.63) is 35.1 Å². The van der Waals surface area contributed by atoms with Crippen LogP contribution in [0.2, 0.25) is 0 Å². The van der Waals surface area contributed by atoms with Gasteiger partial charge in [0.05, 0.1) is 0 Å². The average molecular weight is 271 g/mol. The second-order valence-electron chi connectivity index (χ2n) is 6.19. The minimum absolute atomic E-state index is 0.374. The topological polar surface area (TPSA) is 12.0 Å². The van der Waals surface area contributed by atoms with Gasteiger partial charge in [0, 0.05) is 12.6 Å². The van der Waals surface area contributed by atoms with Crippen LogP contribution >= 0.6 is 0 Å². The third-order valence-electron chi connectivity index (χ3n) is 3.98. The Morgan fingerprint density at radius 1 is 1.11 bits per heavy atom. The Labute approximate surface area is 112 Å². The van der Waals surface area contributed by atoms with Gasteiger partial charge in [-0.1, -0.05) is 13.8 Å². The van der Waals surface area contributed by atoms with E-state index in [-0.39, 0.29) is 0 Å². The van der Waals surface area contributed by atoms with Gasteiger partial charge in [0.15, 0.2) is 17.5 Å². The van der Waals surface area contributed by atoms with E-state index in [1.165, 1.54) is 0 Å². The summed E-state index contributed by atoms with van der Waals surface area (Å²) in [4.78, 5) is 0. The Morgan fingerprint density at radius 3 is 2.16 bits per heavy atom. The quantitative estimate of drug-likeness (QED) is 0.814. The summed E-state index contributed by atoms with van der Waals surface area (Å²) in [6.07, 6.45) is 4.44. The highest BCUT2D eigenvalue weighted by molar-refractivity contribution is 5.19. The molecule has 1 aromatic carbocycles. The predicted octanol–water partition coefficient (Wildman–Crippen LogP) is 4.16. The van der Waals surface area contributed by atoms with Crippen molar-refractivity contribution in [3.8, 4) is 0 Å². The fourth-order valence-electron chi connectivity index (χ4n) is 2.58. The van der Waals surface area contributed by atoms with Crippen LogP contribution in [0.4, 0.5) is 13.2 Å². The molecular weight excluding hydrogens is 251 g/mol. The van der Waals surface area contributed by atoms with Gasteiger partial charge < -0.3 is 5.32 Å². The Hall–Kier alpha value is -1.03. The second-order valence-corrected chi connectivity index (χ2v) is 6.19. The van der Waals surface area contributed by atoms with Crippen molar-refractivity contribution < 1.29 is 13.2 Å². The van der Waals surface area contributed by atoms with Gasteiger partial charge in [0.25, 0.3) is 0 Å². The maximum atomic E-state index is 13.1. The van der Waals surface area contributed by atoms with Crippen LogP contribution in [-0.2, 0) is 6.54 Å². The van der Waals surface area contributed by atoms with Gasteiger partial charge in [-0.25, -0.2) is 13.2 Å². The molecule has 1 aromatic rings. The van der Waals surface area contributed by atoms with Crippen molar-refractivity contribution in [1.29, 1.82) is 0 Å². The molecule has 0 amide bonds. The van der Waals surface area contributed by atoms with Gasteiger partial charge in [-0.3, -0.25) is 0 Å². The van der Waals surface area contributed by atoms with Gasteiger partial charge >= 0.3 is 0 Å². The van der Waals surface area contributed by atoms with Crippen molar-refractivity contribution in [3.63, 3.8) is 0 Å². The normalized spacial score (nSPS) is 19.6. The van der Waals surface area contributed by atoms with Crippen LogP contribution in [0.25, 0.3) is 0 Å². The van der Waals surface area contributed by atoms with Gasteiger partial charge in [0.1, 0.15) is 0 Å². The van der Waals surface area contributed by atoms with E-state index in [0.717, 1.165) is 37.8 Å². The highest BCUT2D eigenvalue weighted by Crippen LogP contribution is 2.35. The lowest BCUT2D eigenvalue weighted by Gasteiger charge is -2.34. The van der Waals surface area contributed by atoms with Crippen LogP contribution in [0.5, 0.6) is 0 Å². The number of benzene rings is 1. The first-order chi connectivity index (χ1) is 8.87. The molecule has 1 aliphatic rings. The summed E-state index contributed by atoms with van der Waals surface area (Å²) in [5.74, 6) is -3.65. The number of hydrogen-bond donors (Lipinski definition) is 1. The Morgan fingerprint density at radius 2 is 1.63 bits per heavy atom. The third kappa shape index (κ3) is 3.72. The van der Waals surface area contributed by atoms with E-state index >= 15 is 0 Å². The lowest BCUT2D eigenvalue weighted by atomic mass is 9.75. The first-order valence-corrected chi connectivity index (χ1v) is 6.74. The van der Waals surface area contributed by atoms with Crippen LogP contribution in [0.3, 0.4) is 0 Å². The van der Waals surface area contributed by atoms with E-state index in [1.54, 1.807) is 0 Å². The van der Waals surface area contributed by atoms with E-state index in [2.05, 4.69) is 19.2 Å². The summed E-state index contributed by atoms with van der Waals surface area (Å²) in [6.45, 7) is 4.89. The molecule has 0 bridgehead atoms. The zero-order valence-corrected chi connectivity index (χ0v) is 11.4. The molecule has 1 saturated carbocycles. The molecule has 1 nitrogen and oxygen atoms in total. The molecule has 0 aliphatic heterocycles. The summed E-state index contributed by atoms with van der Waals surface area (Å²) in [6, 6.07) is 2.49. The van der Waals surface area contributed by atoms with Crippen LogP contribution in [0.15, 0.2) is 12.1 Å². The van der Waals surface area contributed by atoms with Crippen LogP contribution in [-0.4, -0.2) is 6.04 Å². The van der Waals surface area contributed by atoms with Crippen LogP contribution in [0, 0.1) is 22.9 Å². The molecule has 0 heterocycles. The maximum Gasteiger partial charge on any atom is 0.194 e. The molecule has 0 radical (unpaired) electrons. The summed E-state index contributed by atoms with van der Waals surface area (Å²) in [5, 5.41) is 3.29. The Kier molecular flexibility index (Phi) is 4.19. The number of rotatable bonds is 3. The Balaban J connectivity index is 1.90. The van der Waals surface area contributed by atoms with Gasteiger partial charge in [-0.2, -0.15) is 0 Å². The molecule has 19 heavy (non-hydrogen) atoms. The van der Waals surface area contributed by atoms with E-state index < -0.39 is 17.5 Å². The molecule has 0 aromatic heterocycles. The van der Waals surface area contributed by atoms with Crippen molar-refractivity contribution >= 4 is 0 Å². The minimum Gasteiger partial charge on any atom is -0.310 e. The lowest BCUT2D eigenvalue weighted by Crippen LogP contribution is -2.35. The average Bonchev–Trinajstić information content (AvgIpc) is 2.34. The molecule has 1 aliphatic carbocycles. The highest BCUT2D eigenvalue weighted by atomic mass is 19.2. The third-order valence-corrected chi connectivity index (χ3v) is 3.98. The van der Waals surface area contributed by atoms with E-state index in [4.69, 9.17) is 0 Å². The first kappa shape index (κ1) is 14.4. The molecule has 1 fully saturated rings. The van der Waals surface area contributed by atoms with Gasteiger partial charge in [0.2, 0.25) is 0 Å². The molecule has 0 saturated heterocycles. The monoisotopic (exact) mass is 271 g/mol. The standard InChI is InChI=1S/C15H20F3N/c1-15(2)5-3-11(4-6-15)19-9-10-7-12(16)14(18)13(17)8-10/h7-8,11,19H,3-6,9H2,1-2H3. The van der Waals surface area contributed by atoms with Crippen molar-refractivity contribution in [2.24, 2.45) is 5.41 Å². The molecule has 0 unspecified atom stereocenters. The molecule has 1 N–H and O–H groups in total. The zero-order valence-electron chi connectivity index (χ0n) is 11.4. The van der Waals surface area contributed by atoms with E-state index in [0.29, 0.717) is 23.6 Å². The summed E-state index contributed by atoms with van der Waals surface area (Å²) >= 11 is 0. The smallest absolute Gasteiger partial charge is 0.194 e. The predicted molar refractivity (Wildman–Crippen MR) is 69.2 cm³/mol. The number of hydrogen-bond acceptors (Lipinski definition) is 1. The second kappa shape index (κ2) is 5.53.